The lowest BCUT2D eigenvalue weighted by molar-refractivity contribution is 0.424. The van der Waals surface area contributed by atoms with Crippen molar-refractivity contribution in [3.63, 3.8) is 0 Å². The highest BCUT2D eigenvalue weighted by Crippen LogP contribution is 2.44. The predicted octanol–water partition coefficient (Wildman–Crippen LogP) is 2.89. The molecule has 0 aromatic heterocycles. The summed E-state index contributed by atoms with van der Waals surface area (Å²) in [4.78, 5) is 0. The van der Waals surface area contributed by atoms with Gasteiger partial charge in [-0.2, -0.15) is 0 Å². The van der Waals surface area contributed by atoms with E-state index in [1.807, 2.05) is 0 Å². The molecule has 1 aromatic rings. The maximum Gasteiger partial charge on any atom is 0.0412 e. The van der Waals surface area contributed by atoms with E-state index < -0.39 is 0 Å². The molecule has 1 heteroatoms. The van der Waals surface area contributed by atoms with Gasteiger partial charge in [-0.25, -0.2) is 0 Å². The zero-order valence-corrected chi connectivity index (χ0v) is 9.30. The van der Waals surface area contributed by atoms with Gasteiger partial charge in [0, 0.05) is 5.54 Å². The number of aryl methyl sites for hydroxylation is 2. The first-order valence-electron chi connectivity index (χ1n) is 5.38. The molecule has 0 spiro atoms. The van der Waals surface area contributed by atoms with Crippen molar-refractivity contribution in [2.24, 2.45) is 11.7 Å². The van der Waals surface area contributed by atoms with E-state index in [0.717, 1.165) is 0 Å². The lowest BCUT2D eigenvalue weighted by Gasteiger charge is -2.27. The van der Waals surface area contributed by atoms with Crippen molar-refractivity contribution < 1.29 is 0 Å². The van der Waals surface area contributed by atoms with Gasteiger partial charge in [0.25, 0.3) is 0 Å². The molecule has 1 aliphatic rings. The lowest BCUT2D eigenvalue weighted by atomic mass is 9.84. The van der Waals surface area contributed by atoms with Crippen LogP contribution < -0.4 is 5.73 Å². The first kappa shape index (κ1) is 9.72. The van der Waals surface area contributed by atoms with Gasteiger partial charge in [-0.1, -0.05) is 23.8 Å². The molecule has 1 atom stereocenters. The normalized spacial score (nSPS) is 20.6. The van der Waals surface area contributed by atoms with Crippen LogP contribution >= 0.6 is 0 Å². The summed E-state index contributed by atoms with van der Waals surface area (Å²) >= 11 is 0. The third-order valence-electron chi connectivity index (χ3n) is 3.40. The highest BCUT2D eigenvalue weighted by Gasteiger charge is 2.40. The summed E-state index contributed by atoms with van der Waals surface area (Å²) in [6.07, 6.45) is 2.58. The molecule has 0 heterocycles. The summed E-state index contributed by atoms with van der Waals surface area (Å²) in [5.74, 6) is 0.697. The minimum atomic E-state index is -0.115. The third-order valence-corrected chi connectivity index (χ3v) is 3.40. The van der Waals surface area contributed by atoms with Crippen molar-refractivity contribution in [2.45, 2.75) is 39.2 Å². The Morgan fingerprint density at radius 3 is 2.50 bits per heavy atom. The highest BCUT2D eigenvalue weighted by molar-refractivity contribution is 5.36. The van der Waals surface area contributed by atoms with Crippen LogP contribution in [0.15, 0.2) is 18.2 Å². The van der Waals surface area contributed by atoms with Crippen molar-refractivity contribution in [3.8, 4) is 0 Å². The highest BCUT2D eigenvalue weighted by atomic mass is 14.8. The van der Waals surface area contributed by atoms with Crippen LogP contribution in [0.2, 0.25) is 0 Å². The Morgan fingerprint density at radius 1 is 1.29 bits per heavy atom. The number of hydrogen-bond acceptors (Lipinski definition) is 1. The summed E-state index contributed by atoms with van der Waals surface area (Å²) in [6, 6.07) is 6.58. The van der Waals surface area contributed by atoms with E-state index in [9.17, 15) is 0 Å². The Balaban J connectivity index is 2.43. The fourth-order valence-corrected chi connectivity index (χ4v) is 2.22. The Kier molecular flexibility index (Phi) is 2.15. The van der Waals surface area contributed by atoms with E-state index in [1.165, 1.54) is 29.5 Å². The van der Waals surface area contributed by atoms with Crippen molar-refractivity contribution in [3.05, 3.63) is 34.9 Å². The number of rotatable bonds is 2. The smallest absolute Gasteiger partial charge is 0.0412 e. The molecule has 0 aliphatic heterocycles. The molecule has 76 valence electrons. The second kappa shape index (κ2) is 3.09. The van der Waals surface area contributed by atoms with Crippen molar-refractivity contribution in [1.82, 2.24) is 0 Å². The van der Waals surface area contributed by atoms with Gasteiger partial charge in [0.15, 0.2) is 0 Å². The van der Waals surface area contributed by atoms with E-state index in [-0.39, 0.29) is 5.54 Å². The van der Waals surface area contributed by atoms with Crippen LogP contribution in [0.1, 0.15) is 36.5 Å². The zero-order valence-electron chi connectivity index (χ0n) is 9.30. The Labute approximate surface area is 86.3 Å². The quantitative estimate of drug-likeness (QED) is 0.760. The van der Waals surface area contributed by atoms with Crippen molar-refractivity contribution in [1.29, 1.82) is 0 Å². The van der Waals surface area contributed by atoms with Gasteiger partial charge in [-0.3, -0.25) is 0 Å². The largest absolute Gasteiger partial charge is 0.321 e. The summed E-state index contributed by atoms with van der Waals surface area (Å²) < 4.78 is 0. The number of hydrogen-bond donors (Lipinski definition) is 1. The molecule has 2 rings (SSSR count). The maximum absolute atomic E-state index is 6.41. The fraction of sp³-hybridized carbons (Fsp3) is 0.538. The molecule has 1 aliphatic carbocycles. The SMILES string of the molecule is Cc1ccc(C)c(C(C)(N)C2CC2)c1. The molecule has 14 heavy (non-hydrogen) atoms. The Morgan fingerprint density at radius 2 is 1.93 bits per heavy atom. The molecule has 1 nitrogen and oxygen atoms in total. The third kappa shape index (κ3) is 1.57. The van der Waals surface area contributed by atoms with Gasteiger partial charge in [0.1, 0.15) is 0 Å². The van der Waals surface area contributed by atoms with Gasteiger partial charge in [-0.05, 0) is 50.7 Å². The summed E-state index contributed by atoms with van der Waals surface area (Å²) in [6.45, 7) is 6.46. The summed E-state index contributed by atoms with van der Waals surface area (Å²) in [5.41, 5.74) is 10.3. The van der Waals surface area contributed by atoms with E-state index in [0.29, 0.717) is 5.92 Å². The molecular formula is C13H19N. The van der Waals surface area contributed by atoms with Gasteiger partial charge >= 0.3 is 0 Å². The minimum absolute atomic E-state index is 0.115. The van der Waals surface area contributed by atoms with Gasteiger partial charge in [0.2, 0.25) is 0 Å². The molecule has 0 radical (unpaired) electrons. The van der Waals surface area contributed by atoms with Crippen LogP contribution in [-0.2, 0) is 5.54 Å². The van der Waals surface area contributed by atoms with Gasteiger partial charge in [-0.15, -0.1) is 0 Å². The Hall–Kier alpha value is -0.820. The second-order valence-corrected chi connectivity index (χ2v) is 4.88. The predicted molar refractivity (Wildman–Crippen MR) is 60.2 cm³/mol. The monoisotopic (exact) mass is 189 g/mol. The van der Waals surface area contributed by atoms with Crippen LogP contribution in [0.3, 0.4) is 0 Å². The van der Waals surface area contributed by atoms with Gasteiger partial charge in [0.05, 0.1) is 0 Å². The first-order valence-corrected chi connectivity index (χ1v) is 5.38. The average molecular weight is 189 g/mol. The Bertz CT molecular complexity index is 348. The van der Waals surface area contributed by atoms with E-state index >= 15 is 0 Å². The fourth-order valence-electron chi connectivity index (χ4n) is 2.22. The molecule has 1 saturated carbocycles. The zero-order chi connectivity index (χ0) is 10.3. The minimum Gasteiger partial charge on any atom is -0.321 e. The lowest BCUT2D eigenvalue weighted by Crippen LogP contribution is -2.36. The van der Waals surface area contributed by atoms with Crippen LogP contribution in [-0.4, -0.2) is 0 Å². The molecule has 0 bridgehead atoms. The summed E-state index contributed by atoms with van der Waals surface area (Å²) in [7, 11) is 0. The molecule has 0 amide bonds. The first-order chi connectivity index (χ1) is 6.51. The molecule has 0 saturated heterocycles. The summed E-state index contributed by atoms with van der Waals surface area (Å²) in [5, 5.41) is 0. The van der Waals surface area contributed by atoms with Gasteiger partial charge < -0.3 is 5.73 Å². The standard InChI is InChI=1S/C13H19N/c1-9-4-5-10(2)12(8-9)13(3,14)11-6-7-11/h4-5,8,11H,6-7,14H2,1-3H3. The molecule has 1 unspecified atom stereocenters. The van der Waals surface area contributed by atoms with Crippen molar-refractivity contribution in [2.75, 3.05) is 0 Å². The number of nitrogens with two attached hydrogens (primary N) is 1. The topological polar surface area (TPSA) is 26.0 Å². The molecule has 1 aromatic carbocycles. The van der Waals surface area contributed by atoms with E-state index in [2.05, 4.69) is 39.0 Å². The molecular weight excluding hydrogens is 170 g/mol. The maximum atomic E-state index is 6.41. The van der Waals surface area contributed by atoms with E-state index in [4.69, 9.17) is 5.73 Å². The molecule has 1 fully saturated rings. The number of benzene rings is 1. The van der Waals surface area contributed by atoms with Crippen LogP contribution in [0.4, 0.5) is 0 Å². The molecule has 2 N–H and O–H groups in total. The van der Waals surface area contributed by atoms with Crippen LogP contribution in [0.25, 0.3) is 0 Å². The van der Waals surface area contributed by atoms with Crippen LogP contribution in [0.5, 0.6) is 0 Å². The second-order valence-electron chi connectivity index (χ2n) is 4.88. The van der Waals surface area contributed by atoms with E-state index in [1.54, 1.807) is 0 Å². The average Bonchev–Trinajstić information content (AvgIpc) is 2.91. The van der Waals surface area contributed by atoms with Crippen molar-refractivity contribution >= 4 is 0 Å². The van der Waals surface area contributed by atoms with Crippen LogP contribution in [0, 0.1) is 19.8 Å².